The fourth-order valence-corrected chi connectivity index (χ4v) is 1.87. The second-order valence-electron chi connectivity index (χ2n) is 3.96. The molecule has 1 heterocycles. The number of phenolic OH excluding ortho intramolecular Hbond substituents is 1. The van der Waals surface area contributed by atoms with Gasteiger partial charge < -0.3 is 15.7 Å². The van der Waals surface area contributed by atoms with Crippen LogP contribution in [-0.4, -0.2) is 16.6 Å². The van der Waals surface area contributed by atoms with E-state index in [1.807, 2.05) is 42.2 Å². The molecular weight excluding hydrogens is 226 g/mol. The normalized spacial score (nSPS) is 10.3. The van der Waals surface area contributed by atoms with Crippen molar-refractivity contribution in [2.75, 3.05) is 11.4 Å². The van der Waals surface area contributed by atoms with Crippen molar-refractivity contribution in [2.45, 2.75) is 13.5 Å². The van der Waals surface area contributed by atoms with Gasteiger partial charge in [-0.15, -0.1) is 0 Å². The molecule has 18 heavy (non-hydrogen) atoms. The molecule has 0 unspecified atom stereocenters. The molecule has 94 valence electrons. The van der Waals surface area contributed by atoms with E-state index in [1.54, 1.807) is 12.1 Å². The molecule has 0 saturated heterocycles. The van der Waals surface area contributed by atoms with Crippen molar-refractivity contribution >= 4 is 11.5 Å². The minimum atomic E-state index is 0.251. The summed E-state index contributed by atoms with van der Waals surface area (Å²) in [6.07, 6.45) is 0. The molecule has 0 aliphatic carbocycles. The van der Waals surface area contributed by atoms with Gasteiger partial charge in [0, 0.05) is 24.8 Å². The Bertz CT molecular complexity index is 528. The average molecular weight is 243 g/mol. The zero-order chi connectivity index (χ0) is 13.0. The Morgan fingerprint density at radius 2 is 2.00 bits per heavy atom. The van der Waals surface area contributed by atoms with E-state index in [9.17, 15) is 5.11 Å². The van der Waals surface area contributed by atoms with Crippen LogP contribution in [0.3, 0.4) is 0 Å². The van der Waals surface area contributed by atoms with E-state index >= 15 is 0 Å². The number of aromatic hydroxyl groups is 1. The number of hydrogen-bond donors (Lipinski definition) is 2. The summed E-state index contributed by atoms with van der Waals surface area (Å²) in [7, 11) is 0. The summed E-state index contributed by atoms with van der Waals surface area (Å²) in [5.41, 5.74) is 7.37. The van der Waals surface area contributed by atoms with Gasteiger partial charge in [-0.3, -0.25) is 0 Å². The van der Waals surface area contributed by atoms with Crippen LogP contribution in [0.2, 0.25) is 0 Å². The summed E-state index contributed by atoms with van der Waals surface area (Å²) in [5.74, 6) is 1.09. The number of aromatic nitrogens is 1. The first-order chi connectivity index (χ1) is 8.74. The minimum Gasteiger partial charge on any atom is -0.508 e. The fraction of sp³-hybridized carbons (Fsp3) is 0.214. The highest BCUT2D eigenvalue weighted by atomic mass is 16.3. The van der Waals surface area contributed by atoms with E-state index in [1.165, 1.54) is 0 Å². The lowest BCUT2D eigenvalue weighted by Crippen LogP contribution is -2.18. The molecule has 0 bridgehead atoms. The van der Waals surface area contributed by atoms with Gasteiger partial charge >= 0.3 is 0 Å². The molecule has 0 atom stereocenters. The van der Waals surface area contributed by atoms with Gasteiger partial charge in [0.05, 0.1) is 5.69 Å². The predicted octanol–water partition coefficient (Wildman–Crippen LogP) is 2.40. The standard InChI is InChI=1S/C14H17N3O/c1-2-17(12-6-4-7-13(18)9-12)14-8-3-5-11(10-15)16-14/h3-9,18H,2,10,15H2,1H3. The number of nitrogens with zero attached hydrogens (tertiary/aromatic N) is 2. The first-order valence-corrected chi connectivity index (χ1v) is 5.97. The second-order valence-corrected chi connectivity index (χ2v) is 3.96. The largest absolute Gasteiger partial charge is 0.508 e. The smallest absolute Gasteiger partial charge is 0.133 e. The molecular formula is C14H17N3O. The third kappa shape index (κ3) is 2.60. The molecule has 0 spiro atoms. The fourth-order valence-electron chi connectivity index (χ4n) is 1.87. The Balaban J connectivity index is 2.38. The van der Waals surface area contributed by atoms with Crippen LogP contribution in [0.15, 0.2) is 42.5 Å². The number of rotatable bonds is 4. The van der Waals surface area contributed by atoms with Crippen LogP contribution in [0, 0.1) is 0 Å². The Kier molecular flexibility index (Phi) is 3.79. The van der Waals surface area contributed by atoms with Gasteiger partial charge in [0.25, 0.3) is 0 Å². The molecule has 2 rings (SSSR count). The molecule has 0 amide bonds. The third-order valence-corrected chi connectivity index (χ3v) is 2.74. The molecule has 0 aliphatic rings. The monoisotopic (exact) mass is 243 g/mol. The Hall–Kier alpha value is -2.07. The van der Waals surface area contributed by atoms with E-state index in [2.05, 4.69) is 4.98 Å². The van der Waals surface area contributed by atoms with Gasteiger partial charge in [0.1, 0.15) is 11.6 Å². The number of hydrogen-bond acceptors (Lipinski definition) is 4. The summed E-state index contributed by atoms with van der Waals surface area (Å²) in [6, 6.07) is 12.9. The minimum absolute atomic E-state index is 0.251. The molecule has 0 radical (unpaired) electrons. The Labute approximate surface area is 107 Å². The summed E-state index contributed by atoms with van der Waals surface area (Å²) in [4.78, 5) is 6.51. The zero-order valence-electron chi connectivity index (χ0n) is 10.4. The maximum Gasteiger partial charge on any atom is 0.133 e. The summed E-state index contributed by atoms with van der Waals surface area (Å²) >= 11 is 0. The lowest BCUT2D eigenvalue weighted by atomic mass is 10.2. The Morgan fingerprint density at radius 1 is 1.22 bits per heavy atom. The quantitative estimate of drug-likeness (QED) is 0.865. The van der Waals surface area contributed by atoms with Gasteiger partial charge in [0.2, 0.25) is 0 Å². The maximum atomic E-state index is 9.54. The summed E-state index contributed by atoms with van der Waals surface area (Å²) in [6.45, 7) is 3.23. The highest BCUT2D eigenvalue weighted by Crippen LogP contribution is 2.26. The summed E-state index contributed by atoms with van der Waals surface area (Å²) in [5, 5.41) is 9.54. The highest BCUT2D eigenvalue weighted by molar-refractivity contribution is 5.61. The van der Waals surface area contributed by atoms with E-state index in [4.69, 9.17) is 5.73 Å². The first kappa shape index (κ1) is 12.4. The van der Waals surface area contributed by atoms with Gasteiger partial charge in [-0.1, -0.05) is 12.1 Å². The van der Waals surface area contributed by atoms with Crippen LogP contribution in [-0.2, 0) is 6.54 Å². The lowest BCUT2D eigenvalue weighted by molar-refractivity contribution is 0.475. The van der Waals surface area contributed by atoms with Crippen molar-refractivity contribution in [2.24, 2.45) is 5.73 Å². The molecule has 1 aromatic carbocycles. The number of benzene rings is 1. The second kappa shape index (κ2) is 5.51. The van der Waals surface area contributed by atoms with Crippen LogP contribution >= 0.6 is 0 Å². The summed E-state index contributed by atoms with van der Waals surface area (Å²) < 4.78 is 0. The lowest BCUT2D eigenvalue weighted by Gasteiger charge is -2.22. The highest BCUT2D eigenvalue weighted by Gasteiger charge is 2.09. The van der Waals surface area contributed by atoms with Crippen molar-refractivity contribution in [3.8, 4) is 5.75 Å². The van der Waals surface area contributed by atoms with Gasteiger partial charge in [-0.05, 0) is 31.2 Å². The van der Waals surface area contributed by atoms with Crippen molar-refractivity contribution < 1.29 is 5.11 Å². The third-order valence-electron chi connectivity index (χ3n) is 2.74. The SMILES string of the molecule is CCN(c1cccc(O)c1)c1cccc(CN)n1. The maximum absolute atomic E-state index is 9.54. The van der Waals surface area contributed by atoms with E-state index in [-0.39, 0.29) is 5.75 Å². The van der Waals surface area contributed by atoms with E-state index < -0.39 is 0 Å². The number of phenols is 1. The van der Waals surface area contributed by atoms with Crippen LogP contribution in [0.4, 0.5) is 11.5 Å². The number of anilines is 2. The molecule has 0 aliphatic heterocycles. The number of pyridine rings is 1. The average Bonchev–Trinajstić information content (AvgIpc) is 2.40. The first-order valence-electron chi connectivity index (χ1n) is 5.97. The van der Waals surface area contributed by atoms with E-state index in [0.717, 1.165) is 23.7 Å². The number of nitrogens with two attached hydrogens (primary N) is 1. The van der Waals surface area contributed by atoms with E-state index in [0.29, 0.717) is 6.54 Å². The predicted molar refractivity (Wildman–Crippen MR) is 72.9 cm³/mol. The molecule has 4 nitrogen and oxygen atoms in total. The van der Waals surface area contributed by atoms with Gasteiger partial charge in [-0.2, -0.15) is 0 Å². The molecule has 0 fully saturated rings. The Morgan fingerprint density at radius 3 is 2.67 bits per heavy atom. The van der Waals surface area contributed by atoms with Crippen molar-refractivity contribution in [3.63, 3.8) is 0 Å². The van der Waals surface area contributed by atoms with Gasteiger partial charge in [-0.25, -0.2) is 4.98 Å². The molecule has 0 saturated carbocycles. The van der Waals surface area contributed by atoms with Crippen LogP contribution in [0.25, 0.3) is 0 Å². The zero-order valence-corrected chi connectivity index (χ0v) is 10.4. The van der Waals surface area contributed by atoms with Crippen molar-refractivity contribution in [1.29, 1.82) is 0 Å². The van der Waals surface area contributed by atoms with Crippen molar-refractivity contribution in [1.82, 2.24) is 4.98 Å². The van der Waals surface area contributed by atoms with Gasteiger partial charge in [0.15, 0.2) is 0 Å². The molecule has 3 N–H and O–H groups in total. The topological polar surface area (TPSA) is 62.4 Å². The van der Waals surface area contributed by atoms with Crippen LogP contribution in [0.1, 0.15) is 12.6 Å². The molecule has 2 aromatic rings. The molecule has 4 heteroatoms. The van der Waals surface area contributed by atoms with Crippen LogP contribution < -0.4 is 10.6 Å². The van der Waals surface area contributed by atoms with Crippen molar-refractivity contribution in [3.05, 3.63) is 48.2 Å². The van der Waals surface area contributed by atoms with Crippen LogP contribution in [0.5, 0.6) is 5.75 Å². The molecule has 1 aromatic heterocycles.